The van der Waals surface area contributed by atoms with Gasteiger partial charge in [-0.05, 0) is 76.5 Å². The average molecular weight is 583 g/mol. The maximum absolute atomic E-state index is 13.1. The fourth-order valence-corrected chi connectivity index (χ4v) is 6.28. The number of carbonyl (C=O) groups excluding carboxylic acids is 2. The van der Waals surface area contributed by atoms with Crippen molar-refractivity contribution in [1.82, 2.24) is 9.88 Å². The molecule has 1 amide bonds. The lowest BCUT2D eigenvalue weighted by molar-refractivity contribution is 0.0514. The van der Waals surface area contributed by atoms with Crippen molar-refractivity contribution in [2.45, 2.75) is 97.6 Å². The van der Waals surface area contributed by atoms with Gasteiger partial charge in [-0.2, -0.15) is 0 Å². The first-order valence-corrected chi connectivity index (χ1v) is 15.1. The maximum atomic E-state index is 13.1. The van der Waals surface area contributed by atoms with E-state index in [-0.39, 0.29) is 41.1 Å². The van der Waals surface area contributed by atoms with Gasteiger partial charge in [0.25, 0.3) is 0 Å². The molecule has 0 radical (unpaired) electrons. The zero-order valence-corrected chi connectivity index (χ0v) is 26.1. The van der Waals surface area contributed by atoms with Crippen LogP contribution >= 0.6 is 0 Å². The lowest BCUT2D eigenvalue weighted by atomic mass is 9.77. The molecule has 2 heterocycles. The van der Waals surface area contributed by atoms with Gasteiger partial charge in [0.15, 0.2) is 16.9 Å². The van der Waals surface area contributed by atoms with Gasteiger partial charge in [-0.1, -0.05) is 26.7 Å². The number of pyridine rings is 1. The van der Waals surface area contributed by atoms with Crippen molar-refractivity contribution < 1.29 is 28.5 Å². The van der Waals surface area contributed by atoms with Crippen LogP contribution in [-0.4, -0.2) is 49.1 Å². The van der Waals surface area contributed by atoms with Gasteiger partial charge in [0.05, 0.1) is 26.0 Å². The molecule has 1 saturated carbocycles. The Bertz CT molecular complexity index is 1360. The van der Waals surface area contributed by atoms with Gasteiger partial charge in [-0.3, -0.25) is 4.79 Å². The zero-order valence-electron chi connectivity index (χ0n) is 26.1. The normalized spacial score (nSPS) is 18.4. The number of nitrogens with one attached hydrogen (secondary N) is 1. The van der Waals surface area contributed by atoms with E-state index in [4.69, 9.17) is 18.9 Å². The molecule has 9 heteroatoms. The Morgan fingerprint density at radius 1 is 1.07 bits per heavy atom. The molecule has 2 atom stereocenters. The summed E-state index contributed by atoms with van der Waals surface area (Å²) in [5.74, 6) is 0.937. The molecule has 0 bridgehead atoms. The van der Waals surface area contributed by atoms with E-state index in [1.165, 1.54) is 0 Å². The van der Waals surface area contributed by atoms with Crippen LogP contribution in [0.25, 0.3) is 11.3 Å². The van der Waals surface area contributed by atoms with Gasteiger partial charge in [-0.25, -0.2) is 9.59 Å². The van der Waals surface area contributed by atoms with E-state index in [1.807, 2.05) is 26.8 Å². The minimum absolute atomic E-state index is 0.0304. The molecule has 2 aliphatic rings. The fraction of sp³-hybridized carbons (Fsp3) is 0.606. The van der Waals surface area contributed by atoms with Crippen molar-refractivity contribution in [2.75, 3.05) is 26.9 Å². The van der Waals surface area contributed by atoms with Crippen LogP contribution in [0, 0.1) is 5.41 Å². The van der Waals surface area contributed by atoms with Gasteiger partial charge in [-0.15, -0.1) is 0 Å². The SMILES string of the molecule is CCOC(=O)c1cn2c(cc1=O)-c1cc(OC)c(OCCCCCCNC(=O)OC(C)(C)C)cc1[C@@H]1CCC(C)(C)C12. The Kier molecular flexibility index (Phi) is 9.58. The Labute approximate surface area is 248 Å². The Balaban J connectivity index is 1.47. The highest BCUT2D eigenvalue weighted by Crippen LogP contribution is 2.59. The van der Waals surface area contributed by atoms with Crippen LogP contribution in [0.2, 0.25) is 0 Å². The van der Waals surface area contributed by atoms with E-state index in [9.17, 15) is 14.4 Å². The van der Waals surface area contributed by atoms with Crippen LogP contribution in [0.15, 0.2) is 29.2 Å². The van der Waals surface area contributed by atoms with E-state index in [0.717, 1.165) is 55.3 Å². The summed E-state index contributed by atoms with van der Waals surface area (Å²) >= 11 is 0. The van der Waals surface area contributed by atoms with Crippen LogP contribution in [0.3, 0.4) is 0 Å². The molecule has 230 valence electrons. The average Bonchev–Trinajstić information content (AvgIpc) is 3.23. The molecule has 1 unspecified atom stereocenters. The molecule has 1 aromatic heterocycles. The molecule has 1 aliphatic heterocycles. The summed E-state index contributed by atoms with van der Waals surface area (Å²) in [5.41, 5.74) is 2.06. The third-order valence-electron chi connectivity index (χ3n) is 8.16. The smallest absolute Gasteiger partial charge is 0.407 e. The highest BCUT2D eigenvalue weighted by atomic mass is 16.6. The molecule has 0 saturated heterocycles. The quantitative estimate of drug-likeness (QED) is 0.234. The number of rotatable bonds is 11. The van der Waals surface area contributed by atoms with Gasteiger partial charge >= 0.3 is 12.1 Å². The molecule has 2 aromatic rings. The fourth-order valence-electron chi connectivity index (χ4n) is 6.28. The molecular weight excluding hydrogens is 536 g/mol. The number of amides is 1. The molecule has 42 heavy (non-hydrogen) atoms. The number of carbonyl (C=O) groups is 2. The van der Waals surface area contributed by atoms with Gasteiger partial charge in [0, 0.05) is 36.3 Å². The minimum Gasteiger partial charge on any atom is -0.493 e. The van der Waals surface area contributed by atoms with E-state index in [0.29, 0.717) is 24.7 Å². The van der Waals surface area contributed by atoms with Crippen LogP contribution < -0.4 is 20.2 Å². The molecule has 1 aromatic carbocycles. The number of alkyl carbamates (subject to hydrolysis) is 1. The largest absolute Gasteiger partial charge is 0.493 e. The summed E-state index contributed by atoms with van der Waals surface area (Å²) in [4.78, 5) is 37.4. The van der Waals surface area contributed by atoms with E-state index in [1.54, 1.807) is 26.3 Å². The van der Waals surface area contributed by atoms with Crippen LogP contribution in [0.1, 0.15) is 108 Å². The van der Waals surface area contributed by atoms with Crippen molar-refractivity contribution in [3.63, 3.8) is 0 Å². The topological polar surface area (TPSA) is 105 Å². The Morgan fingerprint density at radius 2 is 1.81 bits per heavy atom. The molecule has 4 rings (SSSR count). The summed E-state index contributed by atoms with van der Waals surface area (Å²) in [6.45, 7) is 13.1. The van der Waals surface area contributed by atoms with Crippen LogP contribution in [-0.2, 0) is 9.47 Å². The van der Waals surface area contributed by atoms with E-state index in [2.05, 4.69) is 29.8 Å². The number of unbranched alkanes of at least 4 members (excludes halogenated alkanes) is 3. The third-order valence-corrected chi connectivity index (χ3v) is 8.16. The number of hydrogen-bond donors (Lipinski definition) is 1. The summed E-state index contributed by atoms with van der Waals surface area (Å²) in [6, 6.07) is 5.70. The Hall–Kier alpha value is -3.49. The molecule has 9 nitrogen and oxygen atoms in total. The number of aromatic nitrogens is 1. The summed E-state index contributed by atoms with van der Waals surface area (Å²) in [6.07, 6.45) is 7.02. The predicted molar refractivity (Wildman–Crippen MR) is 162 cm³/mol. The van der Waals surface area contributed by atoms with Crippen LogP contribution in [0.5, 0.6) is 11.5 Å². The number of fused-ring (bicyclic) bond motifs is 6. The van der Waals surface area contributed by atoms with Gasteiger partial charge in [0.2, 0.25) is 0 Å². The highest BCUT2D eigenvalue weighted by Gasteiger charge is 2.48. The number of methoxy groups -OCH3 is 1. The second-order valence-corrected chi connectivity index (χ2v) is 12.9. The summed E-state index contributed by atoms with van der Waals surface area (Å²) in [5, 5.41) is 2.80. The van der Waals surface area contributed by atoms with Crippen molar-refractivity contribution in [2.24, 2.45) is 5.41 Å². The third kappa shape index (κ3) is 6.93. The number of hydrogen-bond acceptors (Lipinski definition) is 7. The van der Waals surface area contributed by atoms with Crippen molar-refractivity contribution in [3.8, 4) is 22.8 Å². The molecule has 0 spiro atoms. The van der Waals surface area contributed by atoms with Gasteiger partial charge in [0.1, 0.15) is 11.2 Å². The van der Waals surface area contributed by atoms with Crippen molar-refractivity contribution in [1.29, 1.82) is 0 Å². The number of benzene rings is 1. The lowest BCUT2D eigenvalue weighted by Crippen LogP contribution is -2.32. The van der Waals surface area contributed by atoms with Gasteiger partial charge < -0.3 is 28.8 Å². The lowest BCUT2D eigenvalue weighted by Gasteiger charge is -2.40. The number of nitrogens with zero attached hydrogens (tertiary/aromatic N) is 1. The van der Waals surface area contributed by atoms with E-state index < -0.39 is 11.6 Å². The zero-order chi connectivity index (χ0) is 30.7. The predicted octanol–water partition coefficient (Wildman–Crippen LogP) is 6.62. The Morgan fingerprint density at radius 3 is 2.50 bits per heavy atom. The molecular formula is C33H46N2O7. The van der Waals surface area contributed by atoms with E-state index >= 15 is 0 Å². The molecule has 1 fully saturated rings. The summed E-state index contributed by atoms with van der Waals surface area (Å²) < 4.78 is 24.5. The minimum atomic E-state index is -0.586. The number of ether oxygens (including phenoxy) is 4. The monoisotopic (exact) mass is 582 g/mol. The van der Waals surface area contributed by atoms with Crippen molar-refractivity contribution >= 4 is 12.1 Å². The number of esters is 1. The molecule has 1 aliphatic carbocycles. The molecule has 1 N–H and O–H groups in total. The summed E-state index contributed by atoms with van der Waals surface area (Å²) in [7, 11) is 1.62. The highest BCUT2D eigenvalue weighted by molar-refractivity contribution is 5.89. The standard InChI is InChI=1S/C33H46N2O7/c1-8-40-30(37)24-20-35-25(19-26(24)36)23-18-27(39-7)28(17-22(23)21-13-14-33(5,6)29(21)35)41-16-12-10-9-11-15-34-31(38)42-32(2,3)4/h17-21,29H,8-16H2,1-7H3,(H,34,38)/t21-,29?/m0/s1. The second-order valence-electron chi connectivity index (χ2n) is 12.9. The first-order chi connectivity index (χ1) is 19.9. The maximum Gasteiger partial charge on any atom is 0.407 e. The first kappa shape index (κ1) is 31.4. The van der Waals surface area contributed by atoms with Crippen molar-refractivity contribution in [3.05, 3.63) is 45.7 Å². The second kappa shape index (κ2) is 12.8. The first-order valence-electron chi connectivity index (χ1n) is 15.1. The van der Waals surface area contributed by atoms with Crippen LogP contribution in [0.4, 0.5) is 4.79 Å².